The summed E-state index contributed by atoms with van der Waals surface area (Å²) in [6, 6.07) is 9.87. The molecule has 1 rings (SSSR count). The Balaban J connectivity index is 2.71. The number of hydrogen-bond acceptors (Lipinski definition) is 1. The molecule has 0 radical (unpaired) electrons. The lowest BCUT2D eigenvalue weighted by Crippen LogP contribution is -2.14. The van der Waals surface area contributed by atoms with E-state index in [0.29, 0.717) is 5.33 Å². The molecular weight excluding hydrogens is 284 g/mol. The minimum atomic E-state index is -0.382. The highest BCUT2D eigenvalue weighted by Crippen LogP contribution is 2.26. The first-order valence-corrected chi connectivity index (χ1v) is 5.72. The lowest BCUT2D eigenvalue weighted by Gasteiger charge is -2.14. The summed E-state index contributed by atoms with van der Waals surface area (Å²) in [6.07, 6.45) is -0.382. The lowest BCUT2D eigenvalue weighted by molar-refractivity contribution is 0.200. The number of aliphatic hydroxyl groups is 1. The van der Waals surface area contributed by atoms with Crippen molar-refractivity contribution >= 4 is 31.9 Å². The SMILES string of the molecule is O[C@H](CBr)[C@H](Br)c1ccccc1. The number of halogens is 2. The standard InChI is InChI=1S/C9H10Br2O/c10-6-8(12)9(11)7-4-2-1-3-5-7/h1-5,8-9,12H,6H2/t8-,9-/m1/s1. The van der Waals surface area contributed by atoms with Crippen LogP contribution in [0.25, 0.3) is 0 Å². The van der Waals surface area contributed by atoms with Crippen molar-refractivity contribution in [3.05, 3.63) is 35.9 Å². The first-order chi connectivity index (χ1) is 5.75. The predicted molar refractivity (Wildman–Crippen MR) is 57.9 cm³/mol. The molecule has 0 aliphatic heterocycles. The molecule has 0 aliphatic carbocycles. The van der Waals surface area contributed by atoms with E-state index in [2.05, 4.69) is 31.9 Å². The molecule has 1 aromatic carbocycles. The highest BCUT2D eigenvalue weighted by molar-refractivity contribution is 9.09. The zero-order valence-electron chi connectivity index (χ0n) is 6.45. The maximum atomic E-state index is 9.49. The number of hydrogen-bond donors (Lipinski definition) is 1. The molecule has 0 spiro atoms. The normalized spacial score (nSPS) is 15.6. The van der Waals surface area contributed by atoms with Crippen LogP contribution in [0, 0.1) is 0 Å². The van der Waals surface area contributed by atoms with Crippen LogP contribution in [-0.2, 0) is 0 Å². The van der Waals surface area contributed by atoms with Gasteiger partial charge < -0.3 is 5.11 Å². The Bertz CT molecular complexity index is 225. The fourth-order valence-corrected chi connectivity index (χ4v) is 2.30. The summed E-state index contributed by atoms with van der Waals surface area (Å²) in [7, 11) is 0. The van der Waals surface area contributed by atoms with Gasteiger partial charge in [-0.15, -0.1) is 0 Å². The zero-order chi connectivity index (χ0) is 8.97. The molecule has 0 unspecified atom stereocenters. The molecule has 1 aromatic rings. The average molecular weight is 294 g/mol. The van der Waals surface area contributed by atoms with Crippen molar-refractivity contribution in [2.75, 3.05) is 5.33 Å². The molecule has 12 heavy (non-hydrogen) atoms. The first-order valence-electron chi connectivity index (χ1n) is 3.68. The Morgan fingerprint density at radius 2 is 1.83 bits per heavy atom. The summed E-state index contributed by atoms with van der Waals surface area (Å²) in [6.45, 7) is 0. The second-order valence-electron chi connectivity index (χ2n) is 2.53. The molecule has 0 bridgehead atoms. The van der Waals surface area contributed by atoms with Crippen LogP contribution in [0.4, 0.5) is 0 Å². The summed E-state index contributed by atoms with van der Waals surface area (Å²) in [5.74, 6) is 0. The third kappa shape index (κ3) is 2.57. The molecule has 0 aliphatic rings. The van der Waals surface area contributed by atoms with E-state index >= 15 is 0 Å². The topological polar surface area (TPSA) is 20.2 Å². The highest BCUT2D eigenvalue weighted by atomic mass is 79.9. The summed E-state index contributed by atoms with van der Waals surface area (Å²) < 4.78 is 0. The number of benzene rings is 1. The minimum Gasteiger partial charge on any atom is -0.391 e. The van der Waals surface area contributed by atoms with Gasteiger partial charge in [0.05, 0.1) is 10.9 Å². The monoisotopic (exact) mass is 292 g/mol. The number of aliphatic hydroxyl groups excluding tert-OH is 1. The molecule has 66 valence electrons. The summed E-state index contributed by atoms with van der Waals surface area (Å²) in [4.78, 5) is 0.0121. The Hall–Kier alpha value is 0.140. The molecule has 0 aromatic heterocycles. The average Bonchev–Trinajstić information content (AvgIpc) is 2.17. The van der Waals surface area contributed by atoms with Gasteiger partial charge >= 0.3 is 0 Å². The molecule has 0 saturated carbocycles. The Labute approximate surface area is 89.1 Å². The largest absolute Gasteiger partial charge is 0.391 e. The number of alkyl halides is 2. The smallest absolute Gasteiger partial charge is 0.0802 e. The molecular formula is C9H10Br2O. The van der Waals surface area contributed by atoms with Crippen LogP contribution in [0.5, 0.6) is 0 Å². The van der Waals surface area contributed by atoms with Gasteiger partial charge in [0.15, 0.2) is 0 Å². The van der Waals surface area contributed by atoms with E-state index < -0.39 is 0 Å². The molecule has 3 heteroatoms. The Kier molecular flexibility index (Phi) is 4.26. The highest BCUT2D eigenvalue weighted by Gasteiger charge is 2.15. The van der Waals surface area contributed by atoms with Crippen LogP contribution < -0.4 is 0 Å². The zero-order valence-corrected chi connectivity index (χ0v) is 9.62. The fraction of sp³-hybridized carbons (Fsp3) is 0.333. The minimum absolute atomic E-state index is 0.0121. The second kappa shape index (κ2) is 5.00. The van der Waals surface area contributed by atoms with Gasteiger partial charge in [-0.25, -0.2) is 0 Å². The molecule has 0 amide bonds. The maximum absolute atomic E-state index is 9.49. The fourth-order valence-electron chi connectivity index (χ4n) is 0.937. The van der Waals surface area contributed by atoms with Gasteiger partial charge in [-0.2, -0.15) is 0 Å². The predicted octanol–water partition coefficient (Wildman–Crippen LogP) is 2.88. The molecule has 2 atom stereocenters. The van der Waals surface area contributed by atoms with Crippen molar-refractivity contribution in [1.29, 1.82) is 0 Å². The van der Waals surface area contributed by atoms with E-state index in [1.165, 1.54) is 0 Å². The Morgan fingerprint density at radius 3 is 2.33 bits per heavy atom. The molecule has 0 saturated heterocycles. The first kappa shape index (κ1) is 10.2. The van der Waals surface area contributed by atoms with Crippen molar-refractivity contribution < 1.29 is 5.11 Å². The van der Waals surface area contributed by atoms with Gasteiger partial charge in [0, 0.05) is 5.33 Å². The molecule has 0 fully saturated rings. The van der Waals surface area contributed by atoms with Crippen LogP contribution in [0.2, 0.25) is 0 Å². The third-order valence-electron chi connectivity index (χ3n) is 1.61. The van der Waals surface area contributed by atoms with E-state index in [9.17, 15) is 5.11 Å². The second-order valence-corrected chi connectivity index (χ2v) is 4.17. The van der Waals surface area contributed by atoms with E-state index in [-0.39, 0.29) is 10.9 Å². The van der Waals surface area contributed by atoms with Gasteiger partial charge in [0.2, 0.25) is 0 Å². The third-order valence-corrected chi connectivity index (χ3v) is 3.42. The van der Waals surface area contributed by atoms with Crippen molar-refractivity contribution in [2.45, 2.75) is 10.9 Å². The van der Waals surface area contributed by atoms with Crippen molar-refractivity contribution in [2.24, 2.45) is 0 Å². The quantitative estimate of drug-likeness (QED) is 0.850. The van der Waals surface area contributed by atoms with Crippen molar-refractivity contribution in [3.8, 4) is 0 Å². The van der Waals surface area contributed by atoms with Gasteiger partial charge in [0.25, 0.3) is 0 Å². The molecule has 1 N–H and O–H groups in total. The number of rotatable bonds is 3. The van der Waals surface area contributed by atoms with Gasteiger partial charge in [-0.1, -0.05) is 62.2 Å². The van der Waals surface area contributed by atoms with Crippen LogP contribution in [0.3, 0.4) is 0 Å². The van der Waals surface area contributed by atoms with Crippen LogP contribution in [-0.4, -0.2) is 16.5 Å². The van der Waals surface area contributed by atoms with Gasteiger partial charge in [-0.05, 0) is 5.56 Å². The summed E-state index contributed by atoms with van der Waals surface area (Å²) >= 11 is 6.66. The van der Waals surface area contributed by atoms with Gasteiger partial charge in [-0.3, -0.25) is 0 Å². The van der Waals surface area contributed by atoms with E-state index in [1.54, 1.807) is 0 Å². The van der Waals surface area contributed by atoms with Crippen molar-refractivity contribution in [1.82, 2.24) is 0 Å². The van der Waals surface area contributed by atoms with Crippen LogP contribution in [0.15, 0.2) is 30.3 Å². The summed E-state index contributed by atoms with van der Waals surface area (Å²) in [5.41, 5.74) is 1.10. The van der Waals surface area contributed by atoms with Crippen LogP contribution >= 0.6 is 31.9 Å². The lowest BCUT2D eigenvalue weighted by atomic mass is 10.1. The van der Waals surface area contributed by atoms with E-state index in [4.69, 9.17) is 0 Å². The van der Waals surface area contributed by atoms with E-state index in [0.717, 1.165) is 5.56 Å². The summed E-state index contributed by atoms with van der Waals surface area (Å²) in [5, 5.41) is 10.1. The van der Waals surface area contributed by atoms with Crippen molar-refractivity contribution in [3.63, 3.8) is 0 Å². The molecule has 0 heterocycles. The van der Waals surface area contributed by atoms with Gasteiger partial charge in [0.1, 0.15) is 0 Å². The Morgan fingerprint density at radius 1 is 1.25 bits per heavy atom. The van der Waals surface area contributed by atoms with Crippen LogP contribution in [0.1, 0.15) is 10.4 Å². The van der Waals surface area contributed by atoms with E-state index in [1.807, 2.05) is 30.3 Å². The maximum Gasteiger partial charge on any atom is 0.0802 e. The molecule has 1 nitrogen and oxygen atoms in total.